The summed E-state index contributed by atoms with van der Waals surface area (Å²) in [5.74, 6) is -0.499. The molecule has 0 unspecified atom stereocenters. The van der Waals surface area contributed by atoms with Crippen LogP contribution in [0.1, 0.15) is 57.2 Å². The van der Waals surface area contributed by atoms with E-state index < -0.39 is 18.1 Å². The lowest BCUT2D eigenvalue weighted by molar-refractivity contribution is 0.0600. The zero-order valence-electron chi connectivity index (χ0n) is 20.4. The molecule has 3 aromatic rings. The maximum absolute atomic E-state index is 13.0. The molecule has 0 fully saturated rings. The first-order valence-electron chi connectivity index (χ1n) is 11.7. The number of carbonyl (C=O) groups is 2. The minimum Gasteiger partial charge on any atom is -0.465 e. The van der Waals surface area contributed by atoms with Crippen LogP contribution in [0.4, 0.5) is 0 Å². The monoisotopic (exact) mass is 475 g/mol. The van der Waals surface area contributed by atoms with Crippen molar-refractivity contribution in [1.29, 1.82) is 0 Å². The van der Waals surface area contributed by atoms with Gasteiger partial charge < -0.3 is 20.5 Å². The number of hydrogen-bond donors (Lipinski definition) is 3. The summed E-state index contributed by atoms with van der Waals surface area (Å²) in [5.41, 5.74) is 3.80. The lowest BCUT2D eigenvalue weighted by atomic mass is 10.00. The predicted molar refractivity (Wildman–Crippen MR) is 135 cm³/mol. The number of esters is 1. The number of carbonyl (C=O) groups excluding carboxylic acids is 2. The standard InChI is InChI=1S/C28H33N3O4/c1-19(2)24-12-21(15-29-17-24)16-30-18-26(32)25(13-20-8-5-4-6-9-20)31-27(33)22-10-7-11-23(14-22)28(34)35-3/h4-12,14-15,17,19,25-26,30,32H,13,16,18H2,1-3H3,(H,31,33)/t25-,26-/m0/s1. The third-order valence-corrected chi connectivity index (χ3v) is 5.79. The Bertz CT molecular complexity index is 1120. The van der Waals surface area contributed by atoms with Gasteiger partial charge in [0.25, 0.3) is 5.91 Å². The van der Waals surface area contributed by atoms with Crippen LogP contribution < -0.4 is 10.6 Å². The van der Waals surface area contributed by atoms with Crippen LogP contribution in [0.15, 0.2) is 73.1 Å². The molecule has 0 aliphatic heterocycles. The Labute approximate surface area is 206 Å². The van der Waals surface area contributed by atoms with Gasteiger partial charge in [-0.1, -0.05) is 56.3 Å². The van der Waals surface area contributed by atoms with Gasteiger partial charge in [-0.3, -0.25) is 9.78 Å². The van der Waals surface area contributed by atoms with Gasteiger partial charge in [0.05, 0.1) is 24.8 Å². The van der Waals surface area contributed by atoms with Gasteiger partial charge in [0.2, 0.25) is 0 Å². The molecule has 0 bridgehead atoms. The SMILES string of the molecule is COC(=O)c1cccc(C(=O)N[C@@H](Cc2ccccc2)[C@@H](O)CNCc2cncc(C(C)C)c2)c1. The number of pyridine rings is 1. The molecule has 7 nitrogen and oxygen atoms in total. The van der Waals surface area contributed by atoms with Crippen molar-refractivity contribution >= 4 is 11.9 Å². The lowest BCUT2D eigenvalue weighted by Gasteiger charge is -2.25. The predicted octanol–water partition coefficient (Wildman–Crippen LogP) is 3.48. The van der Waals surface area contributed by atoms with Gasteiger partial charge in [0.15, 0.2) is 0 Å². The highest BCUT2D eigenvalue weighted by Gasteiger charge is 2.23. The number of amides is 1. The summed E-state index contributed by atoms with van der Waals surface area (Å²) in [6, 6.07) is 17.6. The molecule has 2 aromatic carbocycles. The van der Waals surface area contributed by atoms with Crippen molar-refractivity contribution in [2.75, 3.05) is 13.7 Å². The number of benzene rings is 2. The van der Waals surface area contributed by atoms with E-state index in [2.05, 4.69) is 35.5 Å². The molecule has 35 heavy (non-hydrogen) atoms. The van der Waals surface area contributed by atoms with Crippen LogP contribution in [0.25, 0.3) is 0 Å². The molecule has 1 amide bonds. The van der Waals surface area contributed by atoms with Crippen LogP contribution in [0.5, 0.6) is 0 Å². The van der Waals surface area contributed by atoms with Crippen molar-refractivity contribution in [1.82, 2.24) is 15.6 Å². The number of nitrogens with one attached hydrogen (secondary N) is 2. The summed E-state index contributed by atoms with van der Waals surface area (Å²) in [6.07, 6.45) is 3.28. The van der Waals surface area contributed by atoms with Gasteiger partial charge in [-0.15, -0.1) is 0 Å². The molecular weight excluding hydrogens is 442 g/mol. The first kappa shape index (κ1) is 26.1. The molecule has 1 aromatic heterocycles. The molecule has 0 saturated carbocycles. The molecule has 0 radical (unpaired) electrons. The van der Waals surface area contributed by atoms with Crippen LogP contribution >= 0.6 is 0 Å². The van der Waals surface area contributed by atoms with Crippen molar-refractivity contribution in [3.8, 4) is 0 Å². The second-order valence-electron chi connectivity index (χ2n) is 8.82. The average Bonchev–Trinajstić information content (AvgIpc) is 2.88. The van der Waals surface area contributed by atoms with Crippen molar-refractivity contribution in [2.45, 2.75) is 44.9 Å². The van der Waals surface area contributed by atoms with E-state index in [1.165, 1.54) is 13.2 Å². The second kappa shape index (κ2) is 12.8. The number of hydrogen-bond acceptors (Lipinski definition) is 6. The Balaban J connectivity index is 1.68. The number of nitrogens with zero attached hydrogens (tertiary/aromatic N) is 1. The summed E-state index contributed by atoms with van der Waals surface area (Å²) in [6.45, 7) is 5.08. The summed E-state index contributed by atoms with van der Waals surface area (Å²) in [7, 11) is 1.30. The third kappa shape index (κ3) is 7.73. The van der Waals surface area contributed by atoms with Crippen LogP contribution in [-0.2, 0) is 17.7 Å². The van der Waals surface area contributed by atoms with Gasteiger partial charge >= 0.3 is 5.97 Å². The van der Waals surface area contributed by atoms with E-state index in [1.54, 1.807) is 18.2 Å². The number of aliphatic hydroxyl groups excluding tert-OH is 1. The number of ether oxygens (including phenoxy) is 1. The van der Waals surface area contributed by atoms with E-state index in [4.69, 9.17) is 4.74 Å². The highest BCUT2D eigenvalue weighted by molar-refractivity contribution is 5.98. The zero-order valence-corrected chi connectivity index (χ0v) is 20.4. The molecule has 3 N–H and O–H groups in total. The number of aromatic nitrogens is 1. The quantitative estimate of drug-likeness (QED) is 0.367. The van der Waals surface area contributed by atoms with Crippen LogP contribution in [0, 0.1) is 0 Å². The Morgan fingerprint density at radius 1 is 0.971 bits per heavy atom. The van der Waals surface area contributed by atoms with Gasteiger partial charge in [-0.25, -0.2) is 4.79 Å². The molecule has 7 heteroatoms. The fourth-order valence-electron chi connectivity index (χ4n) is 3.74. The fourth-order valence-corrected chi connectivity index (χ4v) is 3.74. The minimum absolute atomic E-state index is 0.284. The van der Waals surface area contributed by atoms with Gasteiger partial charge in [-0.05, 0) is 47.2 Å². The first-order chi connectivity index (χ1) is 16.9. The third-order valence-electron chi connectivity index (χ3n) is 5.79. The van der Waals surface area contributed by atoms with Crippen molar-refractivity contribution in [3.63, 3.8) is 0 Å². The van der Waals surface area contributed by atoms with Crippen LogP contribution in [0.3, 0.4) is 0 Å². The van der Waals surface area contributed by atoms with E-state index in [0.717, 1.165) is 16.7 Å². The van der Waals surface area contributed by atoms with Gasteiger partial charge in [0.1, 0.15) is 0 Å². The molecule has 184 valence electrons. The molecule has 3 rings (SSSR count). The van der Waals surface area contributed by atoms with Gasteiger partial charge in [0, 0.05) is 31.0 Å². The molecule has 2 atom stereocenters. The summed E-state index contributed by atoms with van der Waals surface area (Å²) in [5, 5.41) is 17.2. The first-order valence-corrected chi connectivity index (χ1v) is 11.7. The Hall–Kier alpha value is -3.55. The summed E-state index contributed by atoms with van der Waals surface area (Å²) >= 11 is 0. The van der Waals surface area contributed by atoms with Crippen molar-refractivity contribution < 1.29 is 19.4 Å². The average molecular weight is 476 g/mol. The van der Waals surface area contributed by atoms with E-state index in [-0.39, 0.29) is 12.5 Å². The van der Waals surface area contributed by atoms with Crippen LogP contribution in [-0.4, -0.2) is 47.8 Å². The van der Waals surface area contributed by atoms with E-state index in [0.29, 0.717) is 30.0 Å². The van der Waals surface area contributed by atoms with E-state index in [1.807, 2.05) is 42.7 Å². The normalized spacial score (nSPS) is 12.7. The second-order valence-corrected chi connectivity index (χ2v) is 8.82. The molecule has 0 spiro atoms. The minimum atomic E-state index is -0.843. The molecule has 0 aliphatic rings. The smallest absolute Gasteiger partial charge is 0.337 e. The molecule has 1 heterocycles. The summed E-state index contributed by atoms with van der Waals surface area (Å²) < 4.78 is 4.75. The summed E-state index contributed by atoms with van der Waals surface area (Å²) in [4.78, 5) is 29.2. The largest absolute Gasteiger partial charge is 0.465 e. The highest BCUT2D eigenvalue weighted by atomic mass is 16.5. The van der Waals surface area contributed by atoms with E-state index in [9.17, 15) is 14.7 Å². The molecule has 0 aliphatic carbocycles. The maximum Gasteiger partial charge on any atom is 0.337 e. The van der Waals surface area contributed by atoms with Crippen LogP contribution in [0.2, 0.25) is 0 Å². The Morgan fingerprint density at radius 2 is 1.71 bits per heavy atom. The number of aliphatic hydroxyl groups is 1. The van der Waals surface area contributed by atoms with Gasteiger partial charge in [-0.2, -0.15) is 0 Å². The molecular formula is C28H33N3O4. The van der Waals surface area contributed by atoms with Crippen molar-refractivity contribution in [2.24, 2.45) is 0 Å². The Kier molecular flexibility index (Phi) is 9.52. The molecule has 0 saturated heterocycles. The Morgan fingerprint density at radius 3 is 2.43 bits per heavy atom. The number of methoxy groups -OCH3 is 1. The highest BCUT2D eigenvalue weighted by Crippen LogP contribution is 2.14. The lowest BCUT2D eigenvalue weighted by Crippen LogP contribution is -2.48. The van der Waals surface area contributed by atoms with Crippen molar-refractivity contribution in [3.05, 3.63) is 101 Å². The number of rotatable bonds is 11. The maximum atomic E-state index is 13.0. The zero-order chi connectivity index (χ0) is 25.2. The topological polar surface area (TPSA) is 101 Å². The fraction of sp³-hybridized carbons (Fsp3) is 0.321. The van der Waals surface area contributed by atoms with E-state index >= 15 is 0 Å².